The SMILES string of the molecule is CCCCCC(NCC)c1ccnc(C)n1. The molecule has 0 aromatic carbocycles. The summed E-state index contributed by atoms with van der Waals surface area (Å²) in [6.45, 7) is 7.30. The molecule has 1 aromatic heterocycles. The van der Waals surface area contributed by atoms with Gasteiger partial charge in [-0.15, -0.1) is 0 Å². The van der Waals surface area contributed by atoms with Crippen LogP contribution in [0.4, 0.5) is 0 Å². The zero-order valence-corrected chi connectivity index (χ0v) is 10.7. The molecule has 0 saturated carbocycles. The van der Waals surface area contributed by atoms with Gasteiger partial charge in [0.25, 0.3) is 0 Å². The zero-order valence-electron chi connectivity index (χ0n) is 10.7. The summed E-state index contributed by atoms with van der Waals surface area (Å²) >= 11 is 0. The largest absolute Gasteiger partial charge is 0.309 e. The highest BCUT2D eigenvalue weighted by Crippen LogP contribution is 2.17. The first-order valence-electron chi connectivity index (χ1n) is 6.30. The highest BCUT2D eigenvalue weighted by molar-refractivity contribution is 5.07. The van der Waals surface area contributed by atoms with Crippen LogP contribution in [0.5, 0.6) is 0 Å². The minimum Gasteiger partial charge on any atom is -0.309 e. The van der Waals surface area contributed by atoms with Crippen LogP contribution in [0.3, 0.4) is 0 Å². The molecule has 0 bridgehead atoms. The zero-order chi connectivity index (χ0) is 11.8. The number of unbranched alkanes of at least 4 members (excludes halogenated alkanes) is 2. The number of rotatable bonds is 7. The lowest BCUT2D eigenvalue weighted by atomic mass is 10.1. The summed E-state index contributed by atoms with van der Waals surface area (Å²) in [5.41, 5.74) is 1.13. The van der Waals surface area contributed by atoms with Crippen molar-refractivity contribution in [2.75, 3.05) is 6.54 Å². The Balaban J connectivity index is 2.61. The topological polar surface area (TPSA) is 37.8 Å². The first-order chi connectivity index (χ1) is 7.77. The van der Waals surface area contributed by atoms with Gasteiger partial charge in [-0.05, 0) is 26.0 Å². The van der Waals surface area contributed by atoms with Crippen molar-refractivity contribution in [2.45, 2.75) is 52.5 Å². The first-order valence-corrected chi connectivity index (χ1v) is 6.30. The number of nitrogens with zero attached hydrogens (tertiary/aromatic N) is 2. The van der Waals surface area contributed by atoms with E-state index in [0.717, 1.165) is 24.5 Å². The fraction of sp³-hybridized carbons (Fsp3) is 0.692. The van der Waals surface area contributed by atoms with E-state index < -0.39 is 0 Å². The molecule has 16 heavy (non-hydrogen) atoms. The lowest BCUT2D eigenvalue weighted by molar-refractivity contribution is 0.475. The summed E-state index contributed by atoms with van der Waals surface area (Å²) in [5, 5.41) is 3.49. The summed E-state index contributed by atoms with van der Waals surface area (Å²) in [5.74, 6) is 0.857. The van der Waals surface area contributed by atoms with Crippen LogP contribution in [0.15, 0.2) is 12.3 Å². The van der Waals surface area contributed by atoms with Gasteiger partial charge in [0.2, 0.25) is 0 Å². The van der Waals surface area contributed by atoms with Crippen LogP contribution in [0.2, 0.25) is 0 Å². The number of hydrogen-bond donors (Lipinski definition) is 1. The Hall–Kier alpha value is -0.960. The fourth-order valence-electron chi connectivity index (χ4n) is 1.87. The van der Waals surface area contributed by atoms with Crippen LogP contribution in [0.1, 0.15) is 57.1 Å². The van der Waals surface area contributed by atoms with Crippen molar-refractivity contribution >= 4 is 0 Å². The second-order valence-corrected chi connectivity index (χ2v) is 4.13. The van der Waals surface area contributed by atoms with Gasteiger partial charge in [0.1, 0.15) is 5.82 Å². The first kappa shape index (κ1) is 13.1. The van der Waals surface area contributed by atoms with E-state index in [2.05, 4.69) is 29.1 Å². The van der Waals surface area contributed by atoms with Crippen molar-refractivity contribution in [3.8, 4) is 0 Å². The van der Waals surface area contributed by atoms with E-state index in [9.17, 15) is 0 Å². The number of aromatic nitrogens is 2. The van der Waals surface area contributed by atoms with Crippen molar-refractivity contribution < 1.29 is 0 Å². The predicted octanol–water partition coefficient (Wildman–Crippen LogP) is 3.02. The third kappa shape index (κ3) is 4.27. The Morgan fingerprint density at radius 3 is 2.75 bits per heavy atom. The van der Waals surface area contributed by atoms with Crippen molar-refractivity contribution in [1.82, 2.24) is 15.3 Å². The molecule has 0 aliphatic carbocycles. The summed E-state index contributed by atoms with van der Waals surface area (Å²) in [4.78, 5) is 8.64. The molecule has 0 saturated heterocycles. The molecular weight excluding hydrogens is 198 g/mol. The Labute approximate surface area is 98.7 Å². The van der Waals surface area contributed by atoms with Gasteiger partial charge in [-0.1, -0.05) is 33.1 Å². The smallest absolute Gasteiger partial charge is 0.125 e. The maximum atomic E-state index is 4.50. The summed E-state index contributed by atoms with van der Waals surface area (Å²) < 4.78 is 0. The molecule has 0 spiro atoms. The van der Waals surface area contributed by atoms with Gasteiger partial charge < -0.3 is 5.32 Å². The molecular formula is C13H23N3. The van der Waals surface area contributed by atoms with Crippen molar-refractivity contribution in [3.63, 3.8) is 0 Å². The van der Waals surface area contributed by atoms with Gasteiger partial charge in [-0.25, -0.2) is 9.97 Å². The number of aryl methyl sites for hydroxylation is 1. The lowest BCUT2D eigenvalue weighted by Crippen LogP contribution is -2.22. The van der Waals surface area contributed by atoms with Crippen LogP contribution >= 0.6 is 0 Å². The van der Waals surface area contributed by atoms with E-state index in [1.165, 1.54) is 19.3 Å². The molecule has 1 unspecified atom stereocenters. The average molecular weight is 221 g/mol. The molecule has 3 heteroatoms. The molecule has 0 aliphatic heterocycles. The summed E-state index contributed by atoms with van der Waals surface area (Å²) in [6, 6.07) is 2.41. The second kappa shape index (κ2) is 7.34. The monoisotopic (exact) mass is 221 g/mol. The Morgan fingerprint density at radius 2 is 2.12 bits per heavy atom. The molecule has 1 rings (SSSR count). The lowest BCUT2D eigenvalue weighted by Gasteiger charge is -2.17. The third-order valence-electron chi connectivity index (χ3n) is 2.70. The molecule has 90 valence electrons. The van der Waals surface area contributed by atoms with E-state index in [-0.39, 0.29) is 0 Å². The molecule has 0 fully saturated rings. The van der Waals surface area contributed by atoms with Gasteiger partial charge in [0.15, 0.2) is 0 Å². The molecule has 1 heterocycles. The van der Waals surface area contributed by atoms with Crippen LogP contribution in [0.25, 0.3) is 0 Å². The molecule has 1 atom stereocenters. The molecule has 1 aromatic rings. The minimum atomic E-state index is 0.387. The number of nitrogens with one attached hydrogen (secondary N) is 1. The normalized spacial score (nSPS) is 12.7. The molecule has 0 radical (unpaired) electrons. The van der Waals surface area contributed by atoms with E-state index in [0.29, 0.717) is 6.04 Å². The maximum absolute atomic E-state index is 4.50. The predicted molar refractivity (Wildman–Crippen MR) is 67.3 cm³/mol. The minimum absolute atomic E-state index is 0.387. The average Bonchev–Trinajstić information content (AvgIpc) is 2.28. The quantitative estimate of drug-likeness (QED) is 0.719. The van der Waals surface area contributed by atoms with Crippen LogP contribution in [-0.4, -0.2) is 16.5 Å². The second-order valence-electron chi connectivity index (χ2n) is 4.13. The summed E-state index contributed by atoms with van der Waals surface area (Å²) in [6.07, 6.45) is 6.84. The fourth-order valence-corrected chi connectivity index (χ4v) is 1.87. The van der Waals surface area contributed by atoms with Gasteiger partial charge in [-0.3, -0.25) is 0 Å². The van der Waals surface area contributed by atoms with Crippen LogP contribution in [0, 0.1) is 6.92 Å². The summed E-state index contributed by atoms with van der Waals surface area (Å²) in [7, 11) is 0. The Kier molecular flexibility index (Phi) is 6.01. The van der Waals surface area contributed by atoms with E-state index in [1.807, 2.05) is 19.2 Å². The molecule has 3 nitrogen and oxygen atoms in total. The van der Waals surface area contributed by atoms with Gasteiger partial charge in [0.05, 0.1) is 5.69 Å². The molecule has 0 amide bonds. The van der Waals surface area contributed by atoms with Crippen LogP contribution < -0.4 is 5.32 Å². The highest BCUT2D eigenvalue weighted by atomic mass is 15.0. The Bertz CT molecular complexity index is 299. The number of hydrogen-bond acceptors (Lipinski definition) is 3. The third-order valence-corrected chi connectivity index (χ3v) is 2.70. The van der Waals surface area contributed by atoms with Crippen molar-refractivity contribution in [1.29, 1.82) is 0 Å². The van der Waals surface area contributed by atoms with Crippen LogP contribution in [-0.2, 0) is 0 Å². The van der Waals surface area contributed by atoms with Gasteiger partial charge in [-0.2, -0.15) is 0 Å². The maximum Gasteiger partial charge on any atom is 0.125 e. The Morgan fingerprint density at radius 1 is 1.31 bits per heavy atom. The van der Waals surface area contributed by atoms with E-state index >= 15 is 0 Å². The van der Waals surface area contributed by atoms with Gasteiger partial charge in [0, 0.05) is 12.2 Å². The van der Waals surface area contributed by atoms with Gasteiger partial charge >= 0.3 is 0 Å². The highest BCUT2D eigenvalue weighted by Gasteiger charge is 2.11. The standard InChI is InChI=1S/C13H23N3/c1-4-6-7-8-12(14-5-2)13-9-10-15-11(3)16-13/h9-10,12,14H,4-8H2,1-3H3. The van der Waals surface area contributed by atoms with E-state index in [4.69, 9.17) is 0 Å². The van der Waals surface area contributed by atoms with Crippen molar-refractivity contribution in [2.24, 2.45) is 0 Å². The molecule has 0 aliphatic rings. The molecule has 1 N–H and O–H groups in total. The van der Waals surface area contributed by atoms with Crippen molar-refractivity contribution in [3.05, 3.63) is 23.8 Å². The van der Waals surface area contributed by atoms with E-state index in [1.54, 1.807) is 0 Å².